The smallest absolute Gasteiger partial charge is 0.228 e. The zero-order valence-corrected chi connectivity index (χ0v) is 17.0. The topological polar surface area (TPSA) is 77.8 Å². The van der Waals surface area contributed by atoms with Crippen LogP contribution in [0.5, 0.6) is 5.75 Å². The lowest BCUT2D eigenvalue weighted by Gasteiger charge is -2.15. The lowest BCUT2D eigenvalue weighted by molar-refractivity contribution is 0.414. The molecule has 1 N–H and O–H groups in total. The lowest BCUT2D eigenvalue weighted by atomic mass is 9.91. The minimum atomic E-state index is 0.357. The van der Waals surface area contributed by atoms with E-state index >= 15 is 0 Å². The Bertz CT molecular complexity index is 1140. The number of hydrogen-bond acceptors (Lipinski definition) is 7. The second-order valence-corrected chi connectivity index (χ2v) is 8.15. The molecule has 1 atom stereocenters. The third-order valence-corrected chi connectivity index (χ3v) is 5.98. The van der Waals surface area contributed by atoms with Crippen LogP contribution < -0.4 is 10.1 Å². The van der Waals surface area contributed by atoms with Gasteiger partial charge in [0.05, 0.1) is 25.0 Å². The minimum absolute atomic E-state index is 0.357. The second-order valence-electron chi connectivity index (χ2n) is 7.07. The Morgan fingerprint density at radius 2 is 2.00 bits per heavy atom. The number of nitrogens with zero attached hydrogens (tertiary/aromatic N) is 5. The van der Waals surface area contributed by atoms with Gasteiger partial charge in [-0.25, -0.2) is 15.0 Å². The Morgan fingerprint density at radius 1 is 1.21 bits per heavy atom. The molecule has 0 aliphatic heterocycles. The van der Waals surface area contributed by atoms with Gasteiger partial charge in [0.15, 0.2) is 5.13 Å². The van der Waals surface area contributed by atoms with Crippen molar-refractivity contribution in [2.24, 2.45) is 0 Å². The summed E-state index contributed by atoms with van der Waals surface area (Å²) in [6, 6.07) is 9.88. The van der Waals surface area contributed by atoms with E-state index in [0.717, 1.165) is 34.3 Å². The van der Waals surface area contributed by atoms with E-state index < -0.39 is 0 Å². The summed E-state index contributed by atoms with van der Waals surface area (Å²) in [5.41, 5.74) is 4.42. The first kappa shape index (κ1) is 17.8. The van der Waals surface area contributed by atoms with Crippen LogP contribution in [0, 0.1) is 0 Å². The van der Waals surface area contributed by atoms with Gasteiger partial charge in [-0.3, -0.25) is 4.68 Å². The molecule has 4 aromatic rings. The van der Waals surface area contributed by atoms with Gasteiger partial charge in [-0.1, -0.05) is 19.1 Å². The number of fused-ring (bicyclic) bond motifs is 3. The van der Waals surface area contributed by atoms with Crippen LogP contribution in [0.25, 0.3) is 11.3 Å². The van der Waals surface area contributed by atoms with Gasteiger partial charge in [-0.05, 0) is 30.2 Å². The summed E-state index contributed by atoms with van der Waals surface area (Å²) in [7, 11) is 1.68. The number of nitrogens with one attached hydrogen (secondary N) is 1. The maximum atomic E-state index is 5.24. The maximum Gasteiger partial charge on any atom is 0.228 e. The van der Waals surface area contributed by atoms with E-state index in [1.54, 1.807) is 36.9 Å². The van der Waals surface area contributed by atoms with Gasteiger partial charge in [0.2, 0.25) is 5.95 Å². The molecule has 0 saturated heterocycles. The summed E-state index contributed by atoms with van der Waals surface area (Å²) < 4.78 is 7.24. The second kappa shape index (κ2) is 7.29. The zero-order chi connectivity index (χ0) is 19.8. The zero-order valence-electron chi connectivity index (χ0n) is 16.2. The first-order chi connectivity index (χ1) is 14.2. The largest absolute Gasteiger partial charge is 0.497 e. The Kier molecular flexibility index (Phi) is 4.48. The highest BCUT2D eigenvalue weighted by atomic mass is 32.1. The van der Waals surface area contributed by atoms with E-state index in [1.807, 2.05) is 16.8 Å². The molecule has 0 amide bonds. The van der Waals surface area contributed by atoms with Gasteiger partial charge in [0, 0.05) is 34.9 Å². The molecular formula is C21H20N6OS. The number of rotatable bonds is 5. The molecule has 1 aromatic carbocycles. The SMILES string of the molecule is COc1ccc(Cn2cc3c(n2)C(C)Cc2sc(Nc4ncccn4)nc2-3)cc1. The molecule has 146 valence electrons. The monoisotopic (exact) mass is 404 g/mol. The number of ether oxygens (including phenoxy) is 1. The van der Waals surface area contributed by atoms with E-state index in [9.17, 15) is 0 Å². The van der Waals surface area contributed by atoms with E-state index in [4.69, 9.17) is 14.8 Å². The molecule has 0 radical (unpaired) electrons. The van der Waals surface area contributed by atoms with Crippen molar-refractivity contribution in [1.82, 2.24) is 24.7 Å². The number of aromatic nitrogens is 5. The number of hydrogen-bond donors (Lipinski definition) is 1. The van der Waals surface area contributed by atoms with Crippen LogP contribution in [0.3, 0.4) is 0 Å². The van der Waals surface area contributed by atoms with Crippen LogP contribution in [-0.4, -0.2) is 31.8 Å². The van der Waals surface area contributed by atoms with Crippen LogP contribution in [0.4, 0.5) is 11.1 Å². The third kappa shape index (κ3) is 3.47. The molecule has 1 aliphatic rings. The molecule has 8 heteroatoms. The van der Waals surface area contributed by atoms with E-state index in [-0.39, 0.29) is 0 Å². The van der Waals surface area contributed by atoms with Gasteiger partial charge >= 0.3 is 0 Å². The first-order valence-corrected chi connectivity index (χ1v) is 10.3. The fourth-order valence-electron chi connectivity index (χ4n) is 3.57. The molecular weight excluding hydrogens is 384 g/mol. The van der Waals surface area contributed by atoms with Crippen molar-refractivity contribution in [3.05, 3.63) is 65.1 Å². The van der Waals surface area contributed by atoms with Gasteiger partial charge in [-0.15, -0.1) is 11.3 Å². The number of anilines is 2. The molecule has 5 rings (SSSR count). The third-order valence-electron chi connectivity index (χ3n) is 4.99. The summed E-state index contributed by atoms with van der Waals surface area (Å²) in [5.74, 6) is 1.77. The quantitative estimate of drug-likeness (QED) is 0.536. The van der Waals surface area contributed by atoms with E-state index in [1.165, 1.54) is 10.4 Å². The summed E-state index contributed by atoms with van der Waals surface area (Å²) in [6.45, 7) is 2.94. The molecule has 1 unspecified atom stereocenters. The maximum absolute atomic E-state index is 5.24. The summed E-state index contributed by atoms with van der Waals surface area (Å²) in [5, 5.41) is 8.89. The van der Waals surface area contributed by atoms with Crippen LogP contribution in [0.15, 0.2) is 48.9 Å². The van der Waals surface area contributed by atoms with Crippen LogP contribution in [0.2, 0.25) is 0 Å². The van der Waals surface area contributed by atoms with Gasteiger partial charge in [0.25, 0.3) is 0 Å². The van der Waals surface area contributed by atoms with Crippen molar-refractivity contribution in [3.63, 3.8) is 0 Å². The molecule has 3 aromatic heterocycles. The average Bonchev–Trinajstić information content (AvgIpc) is 3.33. The highest BCUT2D eigenvalue weighted by Gasteiger charge is 2.29. The first-order valence-electron chi connectivity index (χ1n) is 9.44. The van der Waals surface area contributed by atoms with E-state index in [0.29, 0.717) is 18.4 Å². The average molecular weight is 404 g/mol. The summed E-state index contributed by atoms with van der Waals surface area (Å²) >= 11 is 1.66. The molecule has 7 nitrogen and oxygen atoms in total. The Hall–Kier alpha value is -3.26. The number of benzene rings is 1. The standard InChI is InChI=1S/C21H20N6OS/c1-13-10-17-19(24-21(29-17)25-20-22-8-3-9-23-20)16-12-27(26-18(13)16)11-14-4-6-15(28-2)7-5-14/h3-9,12-13H,10-11H2,1-2H3,(H,22,23,24,25). The van der Waals surface area contributed by atoms with Gasteiger partial charge < -0.3 is 10.1 Å². The van der Waals surface area contributed by atoms with Crippen molar-refractivity contribution >= 4 is 22.4 Å². The molecule has 0 fully saturated rings. The van der Waals surface area contributed by atoms with E-state index in [2.05, 4.69) is 40.5 Å². The fourth-order valence-corrected chi connectivity index (χ4v) is 4.67. The highest BCUT2D eigenvalue weighted by Crippen LogP contribution is 2.42. The van der Waals surface area contributed by atoms with Crippen LogP contribution in [0.1, 0.15) is 29.0 Å². The molecule has 0 bridgehead atoms. The number of methoxy groups -OCH3 is 1. The minimum Gasteiger partial charge on any atom is -0.497 e. The van der Waals surface area contributed by atoms with Crippen LogP contribution in [-0.2, 0) is 13.0 Å². The predicted octanol–water partition coefficient (Wildman–Crippen LogP) is 4.26. The molecule has 29 heavy (non-hydrogen) atoms. The van der Waals surface area contributed by atoms with Crippen molar-refractivity contribution in [3.8, 4) is 17.0 Å². The molecule has 1 aliphatic carbocycles. The van der Waals surface area contributed by atoms with Crippen molar-refractivity contribution in [2.45, 2.75) is 25.8 Å². The Morgan fingerprint density at radius 3 is 2.76 bits per heavy atom. The van der Waals surface area contributed by atoms with Gasteiger partial charge in [0.1, 0.15) is 5.75 Å². The molecule has 3 heterocycles. The van der Waals surface area contributed by atoms with Crippen LogP contribution >= 0.6 is 11.3 Å². The van der Waals surface area contributed by atoms with Gasteiger partial charge in [-0.2, -0.15) is 5.10 Å². The Labute approximate surface area is 172 Å². The number of thiazole rings is 1. The normalized spacial score (nSPS) is 14.9. The van der Waals surface area contributed by atoms with Crippen molar-refractivity contribution < 1.29 is 4.74 Å². The van der Waals surface area contributed by atoms with Crippen molar-refractivity contribution in [2.75, 3.05) is 12.4 Å². The summed E-state index contributed by atoms with van der Waals surface area (Å²) in [6.07, 6.45) is 6.48. The summed E-state index contributed by atoms with van der Waals surface area (Å²) in [4.78, 5) is 14.5. The predicted molar refractivity (Wildman–Crippen MR) is 113 cm³/mol. The molecule has 0 spiro atoms. The highest BCUT2D eigenvalue weighted by molar-refractivity contribution is 7.16. The van der Waals surface area contributed by atoms with Crippen molar-refractivity contribution in [1.29, 1.82) is 0 Å². The fraction of sp³-hybridized carbons (Fsp3) is 0.238. The Balaban J connectivity index is 1.43. The lowest BCUT2D eigenvalue weighted by Crippen LogP contribution is -2.07. The molecule has 0 saturated carbocycles.